The topological polar surface area (TPSA) is 114 Å². The maximum Gasteiger partial charge on any atom is 0.408 e. The Morgan fingerprint density at radius 2 is 1.25 bits per heavy atom. The number of alkyl carbamates (subject to hydrolysis) is 1. The van der Waals surface area contributed by atoms with Gasteiger partial charge in [0.05, 0.1) is 0 Å². The lowest BCUT2D eigenvalue weighted by molar-refractivity contribution is -0.159. The van der Waals surface area contributed by atoms with Gasteiger partial charge >= 0.3 is 12.1 Å². The number of nitrogens with one attached hydrogen (secondary N) is 2. The monoisotopic (exact) mass is 653 g/mol. The summed E-state index contributed by atoms with van der Waals surface area (Å²) >= 11 is 0. The summed E-state index contributed by atoms with van der Waals surface area (Å²) in [5, 5.41) is 5.52. The molecule has 0 spiro atoms. The average Bonchev–Trinajstić information content (AvgIpc) is 2.99. The lowest BCUT2D eigenvalue weighted by Crippen LogP contribution is -2.54. The molecule has 48 heavy (non-hydrogen) atoms. The molecule has 3 rings (SSSR count). The van der Waals surface area contributed by atoms with E-state index >= 15 is 0 Å². The zero-order valence-electron chi connectivity index (χ0n) is 29.1. The van der Waals surface area contributed by atoms with Crippen molar-refractivity contribution in [2.24, 2.45) is 0 Å². The lowest BCUT2D eigenvalue weighted by Gasteiger charge is -2.32. The van der Waals surface area contributed by atoms with Crippen LogP contribution in [0, 0.1) is 26.3 Å². The third-order valence-electron chi connectivity index (χ3n) is 7.39. The predicted molar refractivity (Wildman–Crippen MR) is 186 cm³/mol. The van der Waals surface area contributed by atoms with Gasteiger partial charge in [-0.05, 0) is 83.2 Å². The van der Waals surface area contributed by atoms with E-state index in [0.29, 0.717) is 5.56 Å². The Labute approximate surface area is 284 Å². The van der Waals surface area contributed by atoms with Crippen molar-refractivity contribution in [1.29, 1.82) is 0 Å². The summed E-state index contributed by atoms with van der Waals surface area (Å²) in [5.74, 6) is -2.02. The van der Waals surface area contributed by atoms with Crippen LogP contribution in [0.3, 0.4) is 0 Å². The van der Waals surface area contributed by atoms with Crippen molar-refractivity contribution < 1.29 is 28.7 Å². The molecule has 0 saturated carbocycles. The molecule has 9 heteroatoms. The molecule has 0 bridgehead atoms. The predicted octanol–water partition coefficient (Wildman–Crippen LogP) is 5.97. The Balaban J connectivity index is 2.09. The molecule has 3 unspecified atom stereocenters. The minimum atomic E-state index is -1.36. The molecule has 0 aliphatic heterocycles. The number of carbonyl (C=O) groups is 4. The number of ether oxygens (including phenoxy) is 2. The number of hydrogen-bond donors (Lipinski definition) is 2. The molecule has 3 atom stereocenters. The van der Waals surface area contributed by atoms with Gasteiger partial charge in [0.2, 0.25) is 5.91 Å². The summed E-state index contributed by atoms with van der Waals surface area (Å²) < 4.78 is 11.2. The summed E-state index contributed by atoms with van der Waals surface area (Å²) in [6.07, 6.45) is 5.44. The maximum absolute atomic E-state index is 14.5. The summed E-state index contributed by atoms with van der Waals surface area (Å²) in [4.78, 5) is 56.3. The van der Waals surface area contributed by atoms with E-state index < -0.39 is 53.2 Å². The highest BCUT2D eigenvalue weighted by Crippen LogP contribution is 2.28. The van der Waals surface area contributed by atoms with Gasteiger partial charge in [0, 0.05) is 18.9 Å². The first-order chi connectivity index (χ1) is 22.5. The SMILES string of the molecule is C#CN(C(=O)C(Cc1ccccc1)NC(=O)OC(C)(C)C)C(C(=O)NC(Cc1ccccc1)C(=O)OC(C)(C)C)c1cccc(C)c1C. The van der Waals surface area contributed by atoms with Crippen LogP contribution in [0.25, 0.3) is 0 Å². The second-order valence-electron chi connectivity index (χ2n) is 13.7. The third kappa shape index (κ3) is 11.0. The van der Waals surface area contributed by atoms with E-state index in [1.807, 2.05) is 80.6 Å². The molecule has 3 aromatic rings. The summed E-state index contributed by atoms with van der Waals surface area (Å²) in [7, 11) is 0. The Bertz CT molecular complexity index is 1620. The molecule has 2 N–H and O–H groups in total. The highest BCUT2D eigenvalue weighted by atomic mass is 16.6. The van der Waals surface area contributed by atoms with Gasteiger partial charge < -0.3 is 20.1 Å². The van der Waals surface area contributed by atoms with Crippen molar-refractivity contribution in [3.8, 4) is 12.5 Å². The van der Waals surface area contributed by atoms with E-state index in [0.717, 1.165) is 27.2 Å². The maximum atomic E-state index is 14.5. The molecule has 0 heterocycles. The number of hydrogen-bond acceptors (Lipinski definition) is 6. The number of nitrogens with zero attached hydrogens (tertiary/aromatic N) is 1. The van der Waals surface area contributed by atoms with Crippen LogP contribution in [-0.2, 0) is 36.7 Å². The van der Waals surface area contributed by atoms with Gasteiger partial charge in [-0.1, -0.05) is 85.3 Å². The van der Waals surface area contributed by atoms with Gasteiger partial charge in [0.1, 0.15) is 29.3 Å². The minimum Gasteiger partial charge on any atom is -0.458 e. The van der Waals surface area contributed by atoms with Gasteiger partial charge in [-0.2, -0.15) is 0 Å². The number of carbonyl (C=O) groups excluding carboxylic acids is 4. The standard InChI is InChI=1S/C39H47N3O6/c1-10-42(35(44)31(24-28-19-13-11-14-20-28)41-37(46)48-39(7,8)9)33(30-23-17-18-26(2)27(30)3)34(43)40-32(36(45)47-38(4,5)6)25-29-21-15-12-16-22-29/h1,11-23,31-33H,24-25H2,2-9H3,(H,40,43)(H,41,46). The normalized spacial score (nSPS) is 13.2. The zero-order valence-corrected chi connectivity index (χ0v) is 29.1. The molecule has 0 fully saturated rings. The van der Waals surface area contributed by atoms with Crippen LogP contribution in [0.5, 0.6) is 0 Å². The Hall–Kier alpha value is -5.10. The summed E-state index contributed by atoms with van der Waals surface area (Å²) in [5.41, 5.74) is 1.99. The molecule has 9 nitrogen and oxygen atoms in total. The highest BCUT2D eigenvalue weighted by molar-refractivity contribution is 5.95. The molecule has 0 saturated heterocycles. The third-order valence-corrected chi connectivity index (χ3v) is 7.39. The largest absolute Gasteiger partial charge is 0.458 e. The molecular formula is C39H47N3O6. The number of aryl methyl sites for hydroxylation is 1. The second kappa shape index (κ2) is 16.1. The number of terminal acetylenes is 1. The van der Waals surface area contributed by atoms with Crippen molar-refractivity contribution in [2.75, 3.05) is 0 Å². The van der Waals surface area contributed by atoms with E-state index in [1.54, 1.807) is 53.7 Å². The minimum absolute atomic E-state index is 0.0762. The summed E-state index contributed by atoms with van der Waals surface area (Å²) in [6, 6.07) is 22.5. The first-order valence-electron chi connectivity index (χ1n) is 15.9. The van der Waals surface area contributed by atoms with Crippen LogP contribution < -0.4 is 10.6 Å². The highest BCUT2D eigenvalue weighted by Gasteiger charge is 2.39. The Kier molecular flexibility index (Phi) is 12.6. The van der Waals surface area contributed by atoms with E-state index in [4.69, 9.17) is 15.9 Å². The fourth-order valence-corrected chi connectivity index (χ4v) is 5.07. The second-order valence-corrected chi connectivity index (χ2v) is 13.7. The molecular weight excluding hydrogens is 606 g/mol. The Morgan fingerprint density at radius 3 is 1.75 bits per heavy atom. The first kappa shape index (κ1) is 37.4. The van der Waals surface area contributed by atoms with E-state index in [1.165, 1.54) is 0 Å². The quantitative estimate of drug-likeness (QED) is 0.150. The smallest absolute Gasteiger partial charge is 0.408 e. The molecule has 3 aromatic carbocycles. The van der Waals surface area contributed by atoms with Gasteiger partial charge in [-0.15, -0.1) is 0 Å². The molecule has 0 aromatic heterocycles. The fourth-order valence-electron chi connectivity index (χ4n) is 5.07. The molecule has 0 aliphatic rings. The van der Waals surface area contributed by atoms with Crippen molar-refractivity contribution in [2.45, 2.75) is 97.6 Å². The number of esters is 1. The zero-order chi connectivity index (χ0) is 35.6. The van der Waals surface area contributed by atoms with Crippen LogP contribution in [-0.4, -0.2) is 52.1 Å². The molecule has 254 valence electrons. The molecule has 0 radical (unpaired) electrons. The van der Waals surface area contributed by atoms with Crippen LogP contribution in [0.2, 0.25) is 0 Å². The van der Waals surface area contributed by atoms with E-state index in [-0.39, 0.29) is 12.8 Å². The Morgan fingerprint density at radius 1 is 0.729 bits per heavy atom. The molecule has 0 aliphatic carbocycles. The first-order valence-corrected chi connectivity index (χ1v) is 15.9. The van der Waals surface area contributed by atoms with Gasteiger partial charge in [0.25, 0.3) is 5.91 Å². The van der Waals surface area contributed by atoms with Crippen LogP contribution >= 0.6 is 0 Å². The number of benzene rings is 3. The van der Waals surface area contributed by atoms with E-state index in [2.05, 4.69) is 16.7 Å². The molecule has 3 amide bonds. The number of rotatable bonds is 11. The van der Waals surface area contributed by atoms with Crippen LogP contribution in [0.4, 0.5) is 4.79 Å². The van der Waals surface area contributed by atoms with Gasteiger partial charge in [-0.3, -0.25) is 14.5 Å². The van der Waals surface area contributed by atoms with Crippen LogP contribution in [0.1, 0.15) is 75.4 Å². The van der Waals surface area contributed by atoms with Gasteiger partial charge in [-0.25, -0.2) is 9.59 Å². The average molecular weight is 654 g/mol. The summed E-state index contributed by atoms with van der Waals surface area (Å²) in [6.45, 7) is 14.1. The van der Waals surface area contributed by atoms with Crippen molar-refractivity contribution in [3.05, 3.63) is 107 Å². The van der Waals surface area contributed by atoms with E-state index in [9.17, 15) is 19.2 Å². The van der Waals surface area contributed by atoms with Crippen molar-refractivity contribution in [3.63, 3.8) is 0 Å². The lowest BCUT2D eigenvalue weighted by atomic mass is 9.94. The van der Waals surface area contributed by atoms with Gasteiger partial charge in [0.15, 0.2) is 0 Å². The number of amides is 3. The van der Waals surface area contributed by atoms with Crippen molar-refractivity contribution in [1.82, 2.24) is 15.5 Å². The van der Waals surface area contributed by atoms with Crippen LogP contribution in [0.15, 0.2) is 78.9 Å². The van der Waals surface area contributed by atoms with Crippen molar-refractivity contribution >= 4 is 23.9 Å². The fraction of sp³-hybridized carbons (Fsp3) is 0.385.